The van der Waals surface area contributed by atoms with Gasteiger partial charge < -0.3 is 0 Å². The van der Waals surface area contributed by atoms with Crippen molar-refractivity contribution in [2.45, 2.75) is 59.8 Å². The van der Waals surface area contributed by atoms with Crippen LogP contribution in [-0.2, 0) is 0 Å². The lowest BCUT2D eigenvalue weighted by atomic mass is 10.4. The number of hydrogen-bond donors (Lipinski definition) is 0. The average Bonchev–Trinajstić information content (AvgIpc) is 2.37. The Bertz CT molecular complexity index is 132. The summed E-state index contributed by atoms with van der Waals surface area (Å²) in [7, 11) is 0.795. The molecular weight excluding hydrogens is 242 g/mol. The van der Waals surface area contributed by atoms with Gasteiger partial charge in [0.05, 0.1) is 0 Å². The molecule has 0 aliphatic carbocycles. The van der Waals surface area contributed by atoms with Crippen LogP contribution in [0.4, 0.5) is 0 Å². The molecule has 0 saturated heterocycles. The molecule has 0 nitrogen and oxygen atoms in total. The van der Waals surface area contributed by atoms with Crippen molar-refractivity contribution in [2.24, 2.45) is 0 Å². The lowest BCUT2D eigenvalue weighted by Crippen LogP contribution is -1.98. The van der Waals surface area contributed by atoms with E-state index in [1.807, 2.05) is 0 Å². The molecule has 0 fully saturated rings. The monoisotopic (exact) mass is 276 g/mol. The van der Waals surface area contributed by atoms with Gasteiger partial charge in [-0.1, -0.05) is 40.5 Å². The van der Waals surface area contributed by atoms with Crippen LogP contribution in [0.3, 0.4) is 0 Å². The van der Waals surface area contributed by atoms with E-state index in [1.54, 1.807) is 24.6 Å². The molecule has 0 aliphatic rings. The van der Waals surface area contributed by atoms with Crippen molar-refractivity contribution < 1.29 is 0 Å². The highest BCUT2D eigenvalue weighted by atomic mass is 31.1. The molecule has 0 heterocycles. The molecule has 0 aliphatic heterocycles. The third kappa shape index (κ3) is 10.5. The quantitative estimate of drug-likeness (QED) is 0.385. The van der Waals surface area contributed by atoms with E-state index in [2.05, 4.69) is 27.7 Å². The van der Waals surface area contributed by atoms with Crippen molar-refractivity contribution in [3.63, 3.8) is 0 Å². The first-order valence-electron chi connectivity index (χ1n) is 7.73. The van der Waals surface area contributed by atoms with E-state index in [4.69, 9.17) is 0 Å². The van der Waals surface area contributed by atoms with E-state index < -0.39 is 0 Å². The average molecular weight is 276 g/mol. The van der Waals surface area contributed by atoms with Gasteiger partial charge in [0, 0.05) is 0 Å². The van der Waals surface area contributed by atoms with E-state index >= 15 is 0 Å². The summed E-state index contributed by atoms with van der Waals surface area (Å²) in [5.41, 5.74) is 0. The first-order chi connectivity index (χ1) is 8.28. The third-order valence-electron chi connectivity index (χ3n) is 3.50. The molecule has 2 unspecified atom stereocenters. The Labute approximate surface area is 113 Å². The predicted molar refractivity (Wildman–Crippen MR) is 88.8 cm³/mol. The van der Waals surface area contributed by atoms with E-state index in [1.165, 1.54) is 44.4 Å². The lowest BCUT2D eigenvalue weighted by Gasteiger charge is -2.19. The highest BCUT2D eigenvalue weighted by molar-refractivity contribution is 7.58. The standard InChI is InChI=1S/C15H34P2/c1-5-9-12-16(7-3)14-11-15-17(8-4)13-10-6-2/h5-15H2,1-4H3. The molecule has 2 atom stereocenters. The van der Waals surface area contributed by atoms with Gasteiger partial charge in [-0.2, -0.15) is 0 Å². The van der Waals surface area contributed by atoms with Crippen LogP contribution in [-0.4, -0.2) is 37.0 Å². The normalized spacial score (nSPS) is 14.8. The minimum atomic E-state index is 0.397. The maximum atomic E-state index is 2.40. The second-order valence-corrected chi connectivity index (χ2v) is 10.7. The summed E-state index contributed by atoms with van der Waals surface area (Å²) in [6.45, 7) is 9.46. The molecule has 0 aromatic carbocycles. The molecule has 0 aromatic heterocycles. The maximum absolute atomic E-state index is 2.40. The van der Waals surface area contributed by atoms with Crippen molar-refractivity contribution in [1.82, 2.24) is 0 Å². The summed E-state index contributed by atoms with van der Waals surface area (Å²) < 4.78 is 0. The smallest absolute Gasteiger partial charge is 0.0323 e. The fraction of sp³-hybridized carbons (Fsp3) is 1.00. The number of rotatable bonds is 12. The number of unbranched alkanes of at least 4 members (excludes halogenated alkanes) is 2. The summed E-state index contributed by atoms with van der Waals surface area (Å²) in [4.78, 5) is 0. The zero-order valence-electron chi connectivity index (χ0n) is 12.7. The van der Waals surface area contributed by atoms with Crippen LogP contribution in [0.1, 0.15) is 59.8 Å². The summed E-state index contributed by atoms with van der Waals surface area (Å²) in [6.07, 6.45) is 16.4. The summed E-state index contributed by atoms with van der Waals surface area (Å²) in [5.74, 6) is 0. The Morgan fingerprint density at radius 3 is 1.18 bits per heavy atom. The summed E-state index contributed by atoms with van der Waals surface area (Å²) in [5, 5.41) is 0. The molecule has 0 bridgehead atoms. The number of hydrogen-bond acceptors (Lipinski definition) is 0. The molecule has 0 N–H and O–H groups in total. The van der Waals surface area contributed by atoms with Crippen molar-refractivity contribution in [2.75, 3.05) is 37.0 Å². The molecule has 17 heavy (non-hydrogen) atoms. The fourth-order valence-electron chi connectivity index (χ4n) is 2.14. The van der Waals surface area contributed by atoms with Crippen molar-refractivity contribution in [3.05, 3.63) is 0 Å². The van der Waals surface area contributed by atoms with Gasteiger partial charge in [0.1, 0.15) is 0 Å². The maximum Gasteiger partial charge on any atom is -0.0323 e. The van der Waals surface area contributed by atoms with Crippen LogP contribution in [0.25, 0.3) is 0 Å². The first kappa shape index (κ1) is 17.9. The molecule has 0 rings (SSSR count). The van der Waals surface area contributed by atoms with Gasteiger partial charge in [-0.15, -0.1) is 15.8 Å². The SMILES string of the molecule is CCCCP(CC)CCCP(CC)CCCC. The largest absolute Gasteiger partial charge is 0.107 e. The van der Waals surface area contributed by atoms with Crippen LogP contribution in [0.5, 0.6) is 0 Å². The highest BCUT2D eigenvalue weighted by Crippen LogP contribution is 2.41. The van der Waals surface area contributed by atoms with Gasteiger partial charge in [-0.3, -0.25) is 0 Å². The predicted octanol–water partition coefficient (Wildman–Crippen LogP) is 5.98. The second kappa shape index (κ2) is 13.3. The van der Waals surface area contributed by atoms with Crippen LogP contribution in [0.15, 0.2) is 0 Å². The molecule has 0 saturated carbocycles. The van der Waals surface area contributed by atoms with Gasteiger partial charge >= 0.3 is 0 Å². The summed E-state index contributed by atoms with van der Waals surface area (Å²) in [6, 6.07) is 0. The van der Waals surface area contributed by atoms with E-state index in [0.29, 0.717) is 15.8 Å². The third-order valence-corrected chi connectivity index (χ3v) is 9.08. The van der Waals surface area contributed by atoms with Gasteiger partial charge in [-0.25, -0.2) is 0 Å². The lowest BCUT2D eigenvalue weighted by molar-refractivity contribution is 0.883. The molecule has 0 aromatic rings. The Morgan fingerprint density at radius 1 is 0.529 bits per heavy atom. The fourth-order valence-corrected chi connectivity index (χ4v) is 6.84. The Hall–Kier alpha value is 0.860. The van der Waals surface area contributed by atoms with Gasteiger partial charge in [0.15, 0.2) is 0 Å². The van der Waals surface area contributed by atoms with Crippen molar-refractivity contribution in [1.29, 1.82) is 0 Å². The Morgan fingerprint density at radius 2 is 0.882 bits per heavy atom. The zero-order valence-corrected chi connectivity index (χ0v) is 14.5. The molecule has 0 amide bonds. The van der Waals surface area contributed by atoms with Crippen molar-refractivity contribution >= 4 is 15.8 Å². The molecule has 0 radical (unpaired) electrons. The topological polar surface area (TPSA) is 0 Å². The van der Waals surface area contributed by atoms with Gasteiger partial charge in [0.25, 0.3) is 0 Å². The first-order valence-corrected chi connectivity index (χ1v) is 11.5. The van der Waals surface area contributed by atoms with Crippen LogP contribution in [0.2, 0.25) is 0 Å². The van der Waals surface area contributed by atoms with Crippen molar-refractivity contribution in [3.8, 4) is 0 Å². The highest BCUT2D eigenvalue weighted by Gasteiger charge is 2.08. The van der Waals surface area contributed by atoms with E-state index in [9.17, 15) is 0 Å². The van der Waals surface area contributed by atoms with Gasteiger partial charge in [0.2, 0.25) is 0 Å². The van der Waals surface area contributed by atoms with E-state index in [-0.39, 0.29) is 0 Å². The van der Waals surface area contributed by atoms with E-state index in [0.717, 1.165) is 0 Å². The summed E-state index contributed by atoms with van der Waals surface area (Å²) >= 11 is 0. The van der Waals surface area contributed by atoms with Crippen LogP contribution in [0, 0.1) is 0 Å². The minimum absolute atomic E-state index is 0.397. The Balaban J connectivity index is 3.61. The molecular formula is C15H34P2. The van der Waals surface area contributed by atoms with Crippen LogP contribution >= 0.6 is 15.8 Å². The molecule has 104 valence electrons. The molecule has 2 heteroatoms. The Kier molecular flexibility index (Phi) is 14.0. The zero-order chi connectivity index (χ0) is 12.9. The molecule has 0 spiro atoms. The minimum Gasteiger partial charge on any atom is -0.107 e. The van der Waals surface area contributed by atoms with Gasteiger partial charge in [-0.05, 0) is 56.2 Å². The second-order valence-electron chi connectivity index (χ2n) is 4.93. The van der Waals surface area contributed by atoms with Crippen LogP contribution < -0.4 is 0 Å².